The number of hydrogen-bond acceptors (Lipinski definition) is 3. The van der Waals surface area contributed by atoms with Crippen LogP contribution in [0, 0.1) is 0 Å². The third kappa shape index (κ3) is 2.69. The normalized spacial score (nSPS) is 9.50. The van der Waals surface area contributed by atoms with Crippen molar-refractivity contribution in [3.63, 3.8) is 0 Å². The van der Waals surface area contributed by atoms with Crippen molar-refractivity contribution >= 4 is 12.1 Å². The molecule has 3 heteroatoms. The molecule has 0 aromatic heterocycles. The highest BCUT2D eigenvalue weighted by Crippen LogP contribution is 2.12. The predicted octanol–water partition coefficient (Wildman–Crippen LogP) is 1.86. The lowest BCUT2D eigenvalue weighted by molar-refractivity contribution is -0.107. The van der Waals surface area contributed by atoms with Crippen molar-refractivity contribution in [1.82, 2.24) is 0 Å². The van der Waals surface area contributed by atoms with E-state index in [1.807, 2.05) is 6.92 Å². The molecule has 1 aromatic carbocycles. The molecule has 0 aliphatic rings. The molecule has 1 rings (SSSR count). The molecule has 3 nitrogen and oxygen atoms in total. The van der Waals surface area contributed by atoms with E-state index in [0.717, 1.165) is 5.75 Å². The highest BCUT2D eigenvalue weighted by molar-refractivity contribution is 6.02. The first-order valence-electron chi connectivity index (χ1n) is 4.47. The van der Waals surface area contributed by atoms with Gasteiger partial charge in [0.1, 0.15) is 12.0 Å². The summed E-state index contributed by atoms with van der Waals surface area (Å²) in [6.07, 6.45) is 0.548. The van der Waals surface area contributed by atoms with E-state index in [-0.39, 0.29) is 12.2 Å². The van der Waals surface area contributed by atoms with Crippen LogP contribution in [0.1, 0.15) is 23.7 Å². The van der Waals surface area contributed by atoms with Gasteiger partial charge in [-0.1, -0.05) is 0 Å². The molecule has 14 heavy (non-hydrogen) atoms. The van der Waals surface area contributed by atoms with Gasteiger partial charge < -0.3 is 9.53 Å². The fourth-order valence-electron chi connectivity index (χ4n) is 1.10. The maximum atomic E-state index is 11.2. The van der Waals surface area contributed by atoms with Gasteiger partial charge >= 0.3 is 0 Å². The minimum atomic E-state index is -0.164. The minimum absolute atomic E-state index is 0.0615. The van der Waals surface area contributed by atoms with E-state index < -0.39 is 0 Å². The lowest BCUT2D eigenvalue weighted by Crippen LogP contribution is -1.99. The van der Waals surface area contributed by atoms with Crippen molar-refractivity contribution in [3.8, 4) is 5.75 Å². The Bertz CT molecular complexity index is 314. The van der Waals surface area contributed by atoms with Crippen LogP contribution in [-0.4, -0.2) is 18.7 Å². The van der Waals surface area contributed by atoms with Gasteiger partial charge in [-0.15, -0.1) is 0 Å². The Morgan fingerprint density at radius 2 is 2.00 bits per heavy atom. The van der Waals surface area contributed by atoms with Crippen molar-refractivity contribution < 1.29 is 14.3 Å². The van der Waals surface area contributed by atoms with Gasteiger partial charge in [-0.25, -0.2) is 0 Å². The van der Waals surface area contributed by atoms with E-state index in [2.05, 4.69) is 0 Å². The van der Waals surface area contributed by atoms with Crippen LogP contribution in [0.25, 0.3) is 0 Å². The second-order valence-electron chi connectivity index (χ2n) is 2.75. The quantitative estimate of drug-likeness (QED) is 0.406. The maximum absolute atomic E-state index is 11.2. The summed E-state index contributed by atoms with van der Waals surface area (Å²) in [7, 11) is 0. The molecule has 0 N–H and O–H groups in total. The average molecular weight is 192 g/mol. The van der Waals surface area contributed by atoms with Gasteiger partial charge in [0.05, 0.1) is 13.0 Å². The van der Waals surface area contributed by atoms with Crippen LogP contribution in [0.4, 0.5) is 0 Å². The first-order chi connectivity index (χ1) is 6.77. The standard InChI is InChI=1S/C11H12O3/c1-2-14-10-5-3-9(4-6-10)11(13)7-8-12/h3-6,8H,2,7H2,1H3. The van der Waals surface area contributed by atoms with E-state index in [0.29, 0.717) is 18.5 Å². The van der Waals surface area contributed by atoms with Gasteiger partial charge in [0.15, 0.2) is 5.78 Å². The first kappa shape index (κ1) is 10.4. The Hall–Kier alpha value is -1.64. The van der Waals surface area contributed by atoms with Crippen LogP contribution in [0.3, 0.4) is 0 Å². The van der Waals surface area contributed by atoms with Crippen LogP contribution < -0.4 is 4.74 Å². The molecule has 0 saturated carbocycles. The fraction of sp³-hybridized carbons (Fsp3) is 0.273. The topological polar surface area (TPSA) is 43.4 Å². The molecule has 0 spiro atoms. The van der Waals surface area contributed by atoms with Crippen LogP contribution in [0.15, 0.2) is 24.3 Å². The number of Topliss-reactive ketones (excluding diaryl/α,β-unsaturated/α-hetero) is 1. The number of carbonyl (C=O) groups is 2. The molecule has 0 aliphatic carbocycles. The highest BCUT2D eigenvalue weighted by atomic mass is 16.5. The molecule has 0 atom stereocenters. The Kier molecular flexibility index (Phi) is 3.85. The molecule has 1 aromatic rings. The monoisotopic (exact) mass is 192 g/mol. The number of benzene rings is 1. The maximum Gasteiger partial charge on any atom is 0.169 e. The SMILES string of the molecule is CCOc1ccc(C(=O)CC=O)cc1. The molecule has 0 amide bonds. The van der Waals surface area contributed by atoms with Gasteiger partial charge in [-0.2, -0.15) is 0 Å². The predicted molar refractivity (Wildman–Crippen MR) is 52.6 cm³/mol. The fourth-order valence-corrected chi connectivity index (χ4v) is 1.10. The molecule has 0 heterocycles. The highest BCUT2D eigenvalue weighted by Gasteiger charge is 2.04. The Morgan fingerprint density at radius 1 is 1.36 bits per heavy atom. The second-order valence-corrected chi connectivity index (χ2v) is 2.75. The molecule has 74 valence electrons. The molecule has 0 saturated heterocycles. The minimum Gasteiger partial charge on any atom is -0.494 e. The van der Waals surface area contributed by atoms with Gasteiger partial charge in [-0.3, -0.25) is 4.79 Å². The van der Waals surface area contributed by atoms with E-state index in [1.54, 1.807) is 24.3 Å². The summed E-state index contributed by atoms with van der Waals surface area (Å²) in [6, 6.07) is 6.77. The summed E-state index contributed by atoms with van der Waals surface area (Å²) in [5.41, 5.74) is 0.542. The van der Waals surface area contributed by atoms with E-state index >= 15 is 0 Å². The van der Waals surface area contributed by atoms with E-state index in [9.17, 15) is 9.59 Å². The van der Waals surface area contributed by atoms with Crippen molar-refractivity contribution in [2.24, 2.45) is 0 Å². The molecule has 0 aliphatic heterocycles. The number of rotatable bonds is 5. The number of ketones is 1. The summed E-state index contributed by atoms with van der Waals surface area (Å²) < 4.78 is 5.22. The third-order valence-electron chi connectivity index (χ3n) is 1.76. The van der Waals surface area contributed by atoms with Crippen LogP contribution >= 0.6 is 0 Å². The van der Waals surface area contributed by atoms with E-state index in [1.165, 1.54) is 0 Å². The van der Waals surface area contributed by atoms with E-state index in [4.69, 9.17) is 4.74 Å². The smallest absolute Gasteiger partial charge is 0.169 e. The number of ether oxygens (including phenoxy) is 1. The molecule has 0 unspecified atom stereocenters. The lowest BCUT2D eigenvalue weighted by atomic mass is 10.1. The van der Waals surface area contributed by atoms with Gasteiger partial charge in [0.2, 0.25) is 0 Å². The second kappa shape index (κ2) is 5.17. The molecular formula is C11H12O3. The van der Waals surface area contributed by atoms with Crippen molar-refractivity contribution in [3.05, 3.63) is 29.8 Å². The van der Waals surface area contributed by atoms with Crippen LogP contribution in [0.2, 0.25) is 0 Å². The van der Waals surface area contributed by atoms with Crippen LogP contribution in [0.5, 0.6) is 5.75 Å². The largest absolute Gasteiger partial charge is 0.494 e. The van der Waals surface area contributed by atoms with Crippen molar-refractivity contribution in [2.75, 3.05) is 6.61 Å². The summed E-state index contributed by atoms with van der Waals surface area (Å²) in [5.74, 6) is 0.568. The molecular weight excluding hydrogens is 180 g/mol. The van der Waals surface area contributed by atoms with Gasteiger partial charge in [0.25, 0.3) is 0 Å². The summed E-state index contributed by atoms with van der Waals surface area (Å²) in [5, 5.41) is 0. The summed E-state index contributed by atoms with van der Waals surface area (Å²) in [4.78, 5) is 21.4. The number of hydrogen-bond donors (Lipinski definition) is 0. The van der Waals surface area contributed by atoms with Crippen molar-refractivity contribution in [2.45, 2.75) is 13.3 Å². The first-order valence-corrected chi connectivity index (χ1v) is 4.47. The zero-order valence-electron chi connectivity index (χ0n) is 8.03. The van der Waals surface area contributed by atoms with Gasteiger partial charge in [0, 0.05) is 5.56 Å². The zero-order chi connectivity index (χ0) is 10.4. The molecule has 0 radical (unpaired) electrons. The number of carbonyl (C=O) groups excluding carboxylic acids is 2. The van der Waals surface area contributed by atoms with Gasteiger partial charge in [-0.05, 0) is 31.2 Å². The Morgan fingerprint density at radius 3 is 2.50 bits per heavy atom. The molecule has 0 bridgehead atoms. The summed E-state index contributed by atoms with van der Waals surface area (Å²) in [6.45, 7) is 2.49. The third-order valence-corrected chi connectivity index (χ3v) is 1.76. The number of aldehydes is 1. The molecule has 0 fully saturated rings. The lowest BCUT2D eigenvalue weighted by Gasteiger charge is -2.02. The van der Waals surface area contributed by atoms with Crippen molar-refractivity contribution in [1.29, 1.82) is 0 Å². The van der Waals surface area contributed by atoms with Crippen LogP contribution in [-0.2, 0) is 4.79 Å². The summed E-state index contributed by atoms with van der Waals surface area (Å²) >= 11 is 0. The Balaban J connectivity index is 2.72. The average Bonchev–Trinajstić information content (AvgIpc) is 2.20. The Labute approximate surface area is 82.7 Å². The zero-order valence-corrected chi connectivity index (χ0v) is 8.03.